The summed E-state index contributed by atoms with van der Waals surface area (Å²) >= 11 is 3.18. The number of imidazole rings is 1. The lowest BCUT2D eigenvalue weighted by Crippen LogP contribution is -2.26. The Morgan fingerprint density at radius 3 is 2.36 bits per heavy atom. The van der Waals surface area contributed by atoms with Crippen molar-refractivity contribution in [3.8, 4) is 0 Å². The number of benzene rings is 1. The summed E-state index contributed by atoms with van der Waals surface area (Å²) in [6.07, 6.45) is -0.317. The Bertz CT molecular complexity index is 913. The van der Waals surface area contributed by atoms with Crippen LogP contribution >= 0.6 is 15.9 Å². The molecule has 0 bridgehead atoms. The van der Waals surface area contributed by atoms with Crippen molar-refractivity contribution in [2.24, 2.45) is 14.1 Å². The molecule has 0 unspecified atom stereocenters. The number of hydrogen-bond acceptors (Lipinski definition) is 4. The van der Waals surface area contributed by atoms with E-state index >= 15 is 0 Å². The van der Waals surface area contributed by atoms with Gasteiger partial charge in [-0.2, -0.15) is 0 Å². The number of nitrogens with zero attached hydrogens (tertiary/aromatic N) is 2. The average Bonchev–Trinajstić information content (AvgIpc) is 2.62. The quantitative estimate of drug-likeness (QED) is 0.765. The number of sulfonamides is 1. The number of carboxylic acid groups (broad SMARTS) is 1. The van der Waals surface area contributed by atoms with Crippen molar-refractivity contribution >= 4 is 43.0 Å². The molecule has 1 heterocycles. The minimum atomic E-state index is -3.88. The molecule has 22 heavy (non-hydrogen) atoms. The third-order valence-corrected chi connectivity index (χ3v) is 5.67. The molecule has 0 radical (unpaired) electrons. The first-order valence-electron chi connectivity index (χ1n) is 6.21. The molecule has 0 atom stereocenters. The maximum Gasteiger partial charge on any atom is 0.328 e. The zero-order chi connectivity index (χ0) is 16.7. The van der Waals surface area contributed by atoms with Crippen LogP contribution in [0, 0.1) is 0 Å². The lowest BCUT2D eigenvalue weighted by molar-refractivity contribution is -0.136. The summed E-state index contributed by atoms with van der Waals surface area (Å²) in [5.74, 6) is -1.09. The molecule has 2 aromatic rings. The second kappa shape index (κ2) is 5.86. The Morgan fingerprint density at radius 1 is 1.27 bits per heavy atom. The van der Waals surface area contributed by atoms with Gasteiger partial charge in [-0.3, -0.25) is 13.9 Å². The molecule has 0 amide bonds. The summed E-state index contributed by atoms with van der Waals surface area (Å²) in [5.41, 5.74) is 0.786. The van der Waals surface area contributed by atoms with Gasteiger partial charge in [0.2, 0.25) is 10.0 Å². The number of nitrogens with one attached hydrogen (secondary N) is 1. The highest BCUT2D eigenvalue weighted by molar-refractivity contribution is 9.10. The predicted octanol–water partition coefficient (Wildman–Crippen LogP) is 0.392. The van der Waals surface area contributed by atoms with E-state index in [1.54, 1.807) is 20.2 Å². The Kier molecular flexibility index (Phi) is 4.45. The van der Waals surface area contributed by atoms with Gasteiger partial charge in [-0.1, -0.05) is 0 Å². The van der Waals surface area contributed by atoms with Crippen molar-refractivity contribution in [2.75, 3.05) is 6.54 Å². The van der Waals surface area contributed by atoms with E-state index in [-0.39, 0.29) is 23.6 Å². The average molecular weight is 392 g/mol. The lowest BCUT2D eigenvalue weighted by Gasteiger charge is -2.08. The molecule has 120 valence electrons. The predicted molar refractivity (Wildman–Crippen MR) is 83.3 cm³/mol. The van der Waals surface area contributed by atoms with Gasteiger partial charge in [0.15, 0.2) is 0 Å². The number of fused-ring (bicyclic) bond motifs is 1. The van der Waals surface area contributed by atoms with Gasteiger partial charge >= 0.3 is 11.7 Å². The van der Waals surface area contributed by atoms with Crippen molar-refractivity contribution in [2.45, 2.75) is 11.3 Å². The van der Waals surface area contributed by atoms with Crippen LogP contribution in [0.3, 0.4) is 0 Å². The molecule has 1 aromatic carbocycles. The molecule has 0 fully saturated rings. The highest BCUT2D eigenvalue weighted by atomic mass is 79.9. The summed E-state index contributed by atoms with van der Waals surface area (Å²) in [6, 6.07) is 2.92. The van der Waals surface area contributed by atoms with E-state index in [9.17, 15) is 18.0 Å². The van der Waals surface area contributed by atoms with Gasteiger partial charge < -0.3 is 5.11 Å². The van der Waals surface area contributed by atoms with E-state index in [0.29, 0.717) is 15.5 Å². The number of carboxylic acids is 1. The van der Waals surface area contributed by atoms with E-state index in [4.69, 9.17) is 5.11 Å². The first-order valence-corrected chi connectivity index (χ1v) is 8.49. The maximum atomic E-state index is 12.3. The van der Waals surface area contributed by atoms with Crippen LogP contribution in [-0.4, -0.2) is 35.2 Å². The smallest absolute Gasteiger partial charge is 0.328 e. The van der Waals surface area contributed by atoms with Crippen molar-refractivity contribution in [1.82, 2.24) is 13.9 Å². The topological polar surface area (TPSA) is 110 Å². The molecule has 0 saturated heterocycles. The van der Waals surface area contributed by atoms with Crippen LogP contribution in [0.1, 0.15) is 6.42 Å². The first-order chi connectivity index (χ1) is 10.1. The Labute approximate surface area is 134 Å². The largest absolute Gasteiger partial charge is 0.481 e. The van der Waals surface area contributed by atoms with Crippen molar-refractivity contribution < 1.29 is 18.3 Å². The standard InChI is InChI=1S/C12H14BrN3O5S/c1-15-8-5-7(13)10(6-9(8)16(2)12(15)19)22(20,21)14-4-3-11(17)18/h5-6,14H,3-4H2,1-2H3,(H,17,18). The number of rotatable bonds is 5. The minimum Gasteiger partial charge on any atom is -0.481 e. The number of carbonyl (C=O) groups is 1. The third-order valence-electron chi connectivity index (χ3n) is 3.25. The van der Waals surface area contributed by atoms with Crippen molar-refractivity contribution in [3.63, 3.8) is 0 Å². The molecule has 2 rings (SSSR count). The highest BCUT2D eigenvalue weighted by Gasteiger charge is 2.21. The molecule has 0 aliphatic rings. The molecule has 0 spiro atoms. The van der Waals surface area contributed by atoms with Crippen LogP contribution in [-0.2, 0) is 28.9 Å². The molecule has 0 aliphatic carbocycles. The fourth-order valence-electron chi connectivity index (χ4n) is 2.08. The normalized spacial score (nSPS) is 12.0. The Hall–Kier alpha value is -1.65. The monoisotopic (exact) mass is 391 g/mol. The van der Waals surface area contributed by atoms with Crippen LogP contribution in [0.25, 0.3) is 11.0 Å². The number of aryl methyl sites for hydroxylation is 2. The van der Waals surface area contributed by atoms with E-state index in [0.717, 1.165) is 0 Å². The van der Waals surface area contributed by atoms with Crippen molar-refractivity contribution in [1.29, 1.82) is 0 Å². The number of halogens is 1. The lowest BCUT2D eigenvalue weighted by atomic mass is 10.3. The van der Waals surface area contributed by atoms with Gasteiger partial charge in [0.25, 0.3) is 0 Å². The molecule has 8 nitrogen and oxygen atoms in total. The molecule has 0 aliphatic heterocycles. The van der Waals surface area contributed by atoms with E-state index < -0.39 is 16.0 Å². The second-order valence-electron chi connectivity index (χ2n) is 4.71. The van der Waals surface area contributed by atoms with Gasteiger partial charge in [-0.25, -0.2) is 17.9 Å². The van der Waals surface area contributed by atoms with Gasteiger partial charge in [-0.05, 0) is 28.1 Å². The van der Waals surface area contributed by atoms with Gasteiger partial charge in [0, 0.05) is 25.1 Å². The maximum absolute atomic E-state index is 12.3. The zero-order valence-electron chi connectivity index (χ0n) is 11.8. The summed E-state index contributed by atoms with van der Waals surface area (Å²) in [4.78, 5) is 22.3. The molecule has 0 saturated carbocycles. The highest BCUT2D eigenvalue weighted by Crippen LogP contribution is 2.27. The zero-order valence-corrected chi connectivity index (χ0v) is 14.2. The number of hydrogen-bond donors (Lipinski definition) is 2. The molecule has 1 aromatic heterocycles. The molecular weight excluding hydrogens is 378 g/mol. The van der Waals surface area contributed by atoms with Crippen LogP contribution in [0.15, 0.2) is 26.3 Å². The summed E-state index contributed by atoms with van der Waals surface area (Å²) in [6.45, 7) is -0.212. The molecule has 2 N–H and O–H groups in total. The van der Waals surface area contributed by atoms with Crippen molar-refractivity contribution in [3.05, 3.63) is 27.1 Å². The van der Waals surface area contributed by atoms with E-state index in [2.05, 4.69) is 20.7 Å². The second-order valence-corrected chi connectivity index (χ2v) is 7.30. The molecular formula is C12H14BrN3O5S. The first kappa shape index (κ1) is 16.7. The molecule has 10 heteroatoms. The van der Waals surface area contributed by atoms with Crippen LogP contribution < -0.4 is 10.4 Å². The number of aliphatic carboxylic acids is 1. The van der Waals surface area contributed by atoms with Gasteiger partial charge in [-0.15, -0.1) is 0 Å². The van der Waals surface area contributed by atoms with E-state index in [1.165, 1.54) is 15.2 Å². The Balaban J connectivity index is 2.52. The SMILES string of the molecule is Cn1c(=O)n(C)c2cc(S(=O)(=O)NCCC(=O)O)c(Br)cc21. The summed E-state index contributed by atoms with van der Waals surface area (Å²) in [5, 5.41) is 8.56. The summed E-state index contributed by atoms with van der Waals surface area (Å²) in [7, 11) is -0.741. The van der Waals surface area contributed by atoms with E-state index in [1.807, 2.05) is 0 Å². The van der Waals surface area contributed by atoms with Gasteiger partial charge in [0.1, 0.15) is 0 Å². The minimum absolute atomic E-state index is 0.0495. The van der Waals surface area contributed by atoms with Crippen LogP contribution in [0.2, 0.25) is 0 Å². The van der Waals surface area contributed by atoms with Crippen LogP contribution in [0.5, 0.6) is 0 Å². The Morgan fingerprint density at radius 2 is 1.82 bits per heavy atom. The summed E-state index contributed by atoms with van der Waals surface area (Å²) < 4.78 is 29.8. The fourth-order valence-corrected chi connectivity index (χ4v) is 4.16. The van der Waals surface area contributed by atoms with Gasteiger partial charge in [0.05, 0.1) is 22.3 Å². The van der Waals surface area contributed by atoms with Crippen LogP contribution in [0.4, 0.5) is 0 Å². The fraction of sp³-hybridized carbons (Fsp3) is 0.333. The number of aromatic nitrogens is 2. The third kappa shape index (κ3) is 2.94.